The van der Waals surface area contributed by atoms with Crippen LogP contribution in [-0.4, -0.2) is 24.0 Å². The lowest BCUT2D eigenvalue weighted by atomic mass is 9.77. The highest BCUT2D eigenvalue weighted by atomic mass is 19.1. The Bertz CT molecular complexity index is 857. The zero-order valence-corrected chi connectivity index (χ0v) is 16.0. The van der Waals surface area contributed by atoms with Crippen molar-refractivity contribution in [2.75, 3.05) is 13.2 Å². The molecule has 28 heavy (non-hydrogen) atoms. The number of ether oxygens (including phenoxy) is 2. The van der Waals surface area contributed by atoms with Crippen LogP contribution in [0, 0.1) is 23.6 Å². The highest BCUT2D eigenvalue weighted by Crippen LogP contribution is 2.54. The molecule has 2 saturated carbocycles. The molecule has 3 fully saturated rings. The maximum atomic E-state index is 13.5. The van der Waals surface area contributed by atoms with Gasteiger partial charge in [0.15, 0.2) is 5.79 Å². The summed E-state index contributed by atoms with van der Waals surface area (Å²) in [6.07, 6.45) is 12.4. The molecular weight excluding hydrogens is 353 g/mol. The third-order valence-electron chi connectivity index (χ3n) is 6.68. The molecule has 1 aromatic carbocycles. The summed E-state index contributed by atoms with van der Waals surface area (Å²) in [6, 6.07) is 10.6. The van der Waals surface area contributed by atoms with Gasteiger partial charge in [-0.05, 0) is 54.5 Å². The smallest absolute Gasteiger partial charge is 0.175 e. The van der Waals surface area contributed by atoms with Crippen molar-refractivity contribution in [2.24, 2.45) is 17.8 Å². The summed E-state index contributed by atoms with van der Waals surface area (Å²) in [4.78, 5) is 4.57. The van der Waals surface area contributed by atoms with Crippen molar-refractivity contribution < 1.29 is 13.9 Å². The zero-order chi connectivity index (χ0) is 19.0. The van der Waals surface area contributed by atoms with E-state index in [0.717, 1.165) is 23.2 Å². The molecule has 1 aromatic heterocycles. The molecule has 0 bridgehead atoms. The van der Waals surface area contributed by atoms with Crippen LogP contribution in [0.5, 0.6) is 0 Å². The topological polar surface area (TPSA) is 31.4 Å². The first kappa shape index (κ1) is 18.0. The molecule has 1 spiro atoms. The van der Waals surface area contributed by atoms with E-state index < -0.39 is 5.79 Å². The molecule has 146 valence electrons. The van der Waals surface area contributed by atoms with E-state index in [9.17, 15) is 4.39 Å². The predicted octanol–water partition coefficient (Wildman–Crippen LogP) is 5.47. The SMILES string of the molecule is Fc1cccc(-c2ccc(/C=C/[C@H]3C4CCCCC4CC34OCCO4)nc2)c1. The molecule has 0 N–H and O–H groups in total. The summed E-state index contributed by atoms with van der Waals surface area (Å²) in [5, 5.41) is 0. The zero-order valence-electron chi connectivity index (χ0n) is 16.0. The summed E-state index contributed by atoms with van der Waals surface area (Å²) >= 11 is 0. The Morgan fingerprint density at radius 2 is 1.89 bits per heavy atom. The van der Waals surface area contributed by atoms with Gasteiger partial charge in [0.1, 0.15) is 5.82 Å². The van der Waals surface area contributed by atoms with Gasteiger partial charge in [-0.3, -0.25) is 4.98 Å². The highest BCUT2D eigenvalue weighted by molar-refractivity contribution is 5.63. The molecule has 3 nitrogen and oxygen atoms in total. The van der Waals surface area contributed by atoms with Crippen molar-refractivity contribution in [1.82, 2.24) is 4.98 Å². The molecular formula is C24H26FNO2. The Morgan fingerprint density at radius 1 is 1.04 bits per heavy atom. The Labute approximate surface area is 165 Å². The van der Waals surface area contributed by atoms with Crippen LogP contribution in [-0.2, 0) is 9.47 Å². The van der Waals surface area contributed by atoms with E-state index in [1.807, 2.05) is 24.4 Å². The molecule has 3 atom stereocenters. The van der Waals surface area contributed by atoms with Crippen molar-refractivity contribution >= 4 is 6.08 Å². The van der Waals surface area contributed by atoms with Crippen LogP contribution in [0.15, 0.2) is 48.7 Å². The predicted molar refractivity (Wildman–Crippen MR) is 107 cm³/mol. The number of halogens is 1. The first-order chi connectivity index (χ1) is 13.7. The van der Waals surface area contributed by atoms with Gasteiger partial charge >= 0.3 is 0 Å². The normalized spacial score (nSPS) is 28.8. The Balaban J connectivity index is 1.37. The van der Waals surface area contributed by atoms with E-state index in [4.69, 9.17) is 9.47 Å². The fraction of sp³-hybridized carbons (Fsp3) is 0.458. The summed E-state index contributed by atoms with van der Waals surface area (Å²) in [5.74, 6) is 1.01. The Kier molecular flexibility index (Phi) is 4.77. The Morgan fingerprint density at radius 3 is 2.68 bits per heavy atom. The van der Waals surface area contributed by atoms with Gasteiger partial charge in [0.25, 0.3) is 0 Å². The molecule has 1 aliphatic heterocycles. The number of hydrogen-bond acceptors (Lipinski definition) is 3. The molecule has 0 radical (unpaired) electrons. The molecule has 3 aliphatic rings. The van der Waals surface area contributed by atoms with E-state index in [1.54, 1.807) is 6.07 Å². The monoisotopic (exact) mass is 379 g/mol. The fourth-order valence-electron chi connectivity index (χ4n) is 5.41. The second kappa shape index (κ2) is 7.41. The first-order valence-corrected chi connectivity index (χ1v) is 10.4. The van der Waals surface area contributed by atoms with Crippen LogP contribution in [0.2, 0.25) is 0 Å². The highest BCUT2D eigenvalue weighted by Gasteiger charge is 2.56. The first-order valence-electron chi connectivity index (χ1n) is 10.4. The molecule has 4 heteroatoms. The lowest BCUT2D eigenvalue weighted by Crippen LogP contribution is -2.35. The third kappa shape index (κ3) is 3.29. The molecule has 2 heterocycles. The lowest BCUT2D eigenvalue weighted by Gasteiger charge is -2.31. The average Bonchev–Trinajstić information content (AvgIpc) is 3.31. The maximum absolute atomic E-state index is 13.5. The van der Waals surface area contributed by atoms with Gasteiger partial charge < -0.3 is 9.47 Å². The van der Waals surface area contributed by atoms with Crippen molar-refractivity contribution in [3.8, 4) is 11.1 Å². The van der Waals surface area contributed by atoms with Crippen LogP contribution in [0.25, 0.3) is 17.2 Å². The van der Waals surface area contributed by atoms with Gasteiger partial charge in [-0.2, -0.15) is 0 Å². The van der Waals surface area contributed by atoms with Crippen LogP contribution in [0.3, 0.4) is 0 Å². The van der Waals surface area contributed by atoms with Gasteiger partial charge in [-0.15, -0.1) is 0 Å². The third-order valence-corrected chi connectivity index (χ3v) is 6.68. The summed E-state index contributed by atoms with van der Waals surface area (Å²) in [7, 11) is 0. The van der Waals surface area contributed by atoms with Crippen LogP contribution in [0.4, 0.5) is 4.39 Å². The van der Waals surface area contributed by atoms with Gasteiger partial charge in [0, 0.05) is 24.1 Å². The van der Waals surface area contributed by atoms with E-state index >= 15 is 0 Å². The molecule has 2 unspecified atom stereocenters. The summed E-state index contributed by atoms with van der Waals surface area (Å²) < 4.78 is 25.8. The quantitative estimate of drug-likeness (QED) is 0.709. The van der Waals surface area contributed by atoms with Crippen molar-refractivity contribution in [3.05, 3.63) is 60.2 Å². The number of benzene rings is 1. The molecule has 5 rings (SSSR count). The second-order valence-corrected chi connectivity index (χ2v) is 8.29. The van der Waals surface area contributed by atoms with Crippen LogP contribution in [0.1, 0.15) is 37.8 Å². The van der Waals surface area contributed by atoms with E-state index in [2.05, 4.69) is 17.1 Å². The minimum Gasteiger partial charge on any atom is -0.347 e. The molecule has 2 aliphatic carbocycles. The van der Waals surface area contributed by atoms with E-state index in [0.29, 0.717) is 31.0 Å². The largest absolute Gasteiger partial charge is 0.347 e. The fourth-order valence-corrected chi connectivity index (χ4v) is 5.41. The standard InChI is InChI=1S/C24H26FNO2/c25-20-6-3-5-17(14-20)19-8-9-21(26-16-19)10-11-23-22-7-2-1-4-18(22)15-24(23)27-12-13-28-24/h3,5-6,8-11,14,16,18,22-23H,1-2,4,7,12-13,15H2/b11-10+/t18?,22?,23-/m0/s1. The van der Waals surface area contributed by atoms with Crippen molar-refractivity contribution in [3.63, 3.8) is 0 Å². The van der Waals surface area contributed by atoms with Crippen LogP contribution >= 0.6 is 0 Å². The van der Waals surface area contributed by atoms with E-state index in [1.165, 1.54) is 37.8 Å². The number of aromatic nitrogens is 1. The number of rotatable bonds is 3. The van der Waals surface area contributed by atoms with Gasteiger partial charge in [-0.25, -0.2) is 4.39 Å². The summed E-state index contributed by atoms with van der Waals surface area (Å²) in [6.45, 7) is 1.40. The van der Waals surface area contributed by atoms with Crippen molar-refractivity contribution in [1.29, 1.82) is 0 Å². The Hall–Kier alpha value is -2.04. The number of nitrogens with zero attached hydrogens (tertiary/aromatic N) is 1. The second-order valence-electron chi connectivity index (χ2n) is 8.29. The molecule has 1 saturated heterocycles. The van der Waals surface area contributed by atoms with Gasteiger partial charge in [0.2, 0.25) is 0 Å². The average molecular weight is 379 g/mol. The van der Waals surface area contributed by atoms with Gasteiger partial charge in [-0.1, -0.05) is 37.1 Å². The minimum atomic E-state index is -0.419. The number of pyridine rings is 1. The minimum absolute atomic E-state index is 0.230. The van der Waals surface area contributed by atoms with Crippen molar-refractivity contribution in [2.45, 2.75) is 37.9 Å². The van der Waals surface area contributed by atoms with Gasteiger partial charge in [0.05, 0.1) is 18.9 Å². The van der Waals surface area contributed by atoms with Crippen LogP contribution < -0.4 is 0 Å². The summed E-state index contributed by atoms with van der Waals surface area (Å²) in [5.41, 5.74) is 2.67. The maximum Gasteiger partial charge on any atom is 0.175 e. The molecule has 2 aromatic rings. The number of fused-ring (bicyclic) bond motifs is 1. The van der Waals surface area contributed by atoms with E-state index in [-0.39, 0.29) is 5.82 Å². The molecule has 0 amide bonds. The lowest BCUT2D eigenvalue weighted by molar-refractivity contribution is -0.175. The number of hydrogen-bond donors (Lipinski definition) is 0.